The zero-order chi connectivity index (χ0) is 14.5. The molecule has 3 nitrogen and oxygen atoms in total. The second-order valence-corrected chi connectivity index (χ2v) is 6.13. The first-order chi connectivity index (χ1) is 9.67. The maximum Gasteiger partial charge on any atom is 0.147 e. The molecule has 2 rings (SSSR count). The van der Waals surface area contributed by atoms with E-state index in [2.05, 4.69) is 42.0 Å². The minimum atomic E-state index is 0.536. The third kappa shape index (κ3) is 3.44. The molecule has 1 aromatic rings. The Hall–Kier alpha value is -0.800. The van der Waals surface area contributed by atoms with Gasteiger partial charge in [0.2, 0.25) is 0 Å². The smallest absolute Gasteiger partial charge is 0.147 e. The third-order valence-electron chi connectivity index (χ3n) is 4.14. The van der Waals surface area contributed by atoms with Crippen LogP contribution in [0, 0.1) is 0 Å². The molecule has 1 aliphatic rings. The fraction of sp³-hybridized carbons (Fsp3) is 0.688. The lowest BCUT2D eigenvalue weighted by molar-refractivity contribution is 0.620. The number of anilines is 1. The Bertz CT molecular complexity index is 436. The minimum absolute atomic E-state index is 0.536. The maximum atomic E-state index is 6.48. The summed E-state index contributed by atoms with van der Waals surface area (Å²) in [7, 11) is 0. The highest BCUT2D eigenvalue weighted by Gasteiger charge is 2.31. The van der Waals surface area contributed by atoms with Gasteiger partial charge in [-0.3, -0.25) is 0 Å². The van der Waals surface area contributed by atoms with E-state index in [4.69, 9.17) is 11.6 Å². The summed E-state index contributed by atoms with van der Waals surface area (Å²) >= 11 is 6.48. The van der Waals surface area contributed by atoms with E-state index in [0.29, 0.717) is 12.1 Å². The molecular formula is C16H26ClN3. The zero-order valence-corrected chi connectivity index (χ0v) is 13.6. The Labute approximate surface area is 127 Å². The van der Waals surface area contributed by atoms with Gasteiger partial charge in [0.1, 0.15) is 5.82 Å². The highest BCUT2D eigenvalue weighted by atomic mass is 35.5. The normalized spacial score (nSPS) is 22.5. The molecule has 1 aliphatic heterocycles. The molecule has 2 atom stereocenters. The summed E-state index contributed by atoms with van der Waals surface area (Å²) < 4.78 is 0. The van der Waals surface area contributed by atoms with Crippen LogP contribution < -0.4 is 10.2 Å². The van der Waals surface area contributed by atoms with Gasteiger partial charge < -0.3 is 10.2 Å². The fourth-order valence-electron chi connectivity index (χ4n) is 3.02. The second-order valence-electron chi connectivity index (χ2n) is 5.72. The van der Waals surface area contributed by atoms with E-state index >= 15 is 0 Å². The van der Waals surface area contributed by atoms with Gasteiger partial charge in [0.15, 0.2) is 0 Å². The van der Waals surface area contributed by atoms with Crippen molar-refractivity contribution >= 4 is 17.4 Å². The molecule has 0 radical (unpaired) electrons. The maximum absolute atomic E-state index is 6.48. The van der Waals surface area contributed by atoms with Crippen molar-refractivity contribution in [3.63, 3.8) is 0 Å². The highest BCUT2D eigenvalue weighted by Crippen LogP contribution is 2.35. The van der Waals surface area contributed by atoms with Gasteiger partial charge in [-0.2, -0.15) is 0 Å². The number of nitrogens with one attached hydrogen (secondary N) is 1. The Morgan fingerprint density at radius 2 is 2.20 bits per heavy atom. The van der Waals surface area contributed by atoms with E-state index in [-0.39, 0.29) is 0 Å². The van der Waals surface area contributed by atoms with Crippen LogP contribution in [0.3, 0.4) is 0 Å². The van der Waals surface area contributed by atoms with Crippen molar-refractivity contribution < 1.29 is 0 Å². The lowest BCUT2D eigenvalue weighted by Gasteiger charge is -2.30. The molecule has 2 unspecified atom stereocenters. The standard InChI is InChI=1S/C16H26ClN3/c1-4-8-18-10-13-9-15(17)16(19-11-13)20-12(3)6-7-14(20)5-2/h9,11-12,14,18H,4-8,10H2,1-3H3. The average Bonchev–Trinajstić information content (AvgIpc) is 2.80. The molecule has 112 valence electrons. The summed E-state index contributed by atoms with van der Waals surface area (Å²) in [6, 6.07) is 3.18. The summed E-state index contributed by atoms with van der Waals surface area (Å²) in [6.45, 7) is 8.55. The van der Waals surface area contributed by atoms with E-state index in [1.54, 1.807) is 0 Å². The largest absolute Gasteiger partial charge is 0.350 e. The highest BCUT2D eigenvalue weighted by molar-refractivity contribution is 6.33. The number of halogens is 1. The van der Waals surface area contributed by atoms with Gasteiger partial charge in [-0.05, 0) is 50.8 Å². The molecule has 1 N–H and O–H groups in total. The molecule has 0 saturated carbocycles. The Morgan fingerprint density at radius 1 is 1.40 bits per heavy atom. The van der Waals surface area contributed by atoms with Crippen LogP contribution in [0.25, 0.3) is 0 Å². The Balaban J connectivity index is 2.12. The summed E-state index contributed by atoms with van der Waals surface area (Å²) in [6.07, 6.45) is 6.73. The van der Waals surface area contributed by atoms with E-state index in [1.165, 1.54) is 12.8 Å². The summed E-state index contributed by atoms with van der Waals surface area (Å²) in [5.41, 5.74) is 1.16. The van der Waals surface area contributed by atoms with Crippen LogP contribution in [0.2, 0.25) is 5.02 Å². The summed E-state index contributed by atoms with van der Waals surface area (Å²) in [5.74, 6) is 0.961. The average molecular weight is 296 g/mol. The van der Waals surface area contributed by atoms with Crippen LogP contribution in [0.5, 0.6) is 0 Å². The fourth-order valence-corrected chi connectivity index (χ4v) is 3.31. The van der Waals surface area contributed by atoms with Gasteiger partial charge in [0, 0.05) is 24.8 Å². The number of pyridine rings is 1. The molecule has 20 heavy (non-hydrogen) atoms. The molecule has 0 aliphatic carbocycles. The van der Waals surface area contributed by atoms with Gasteiger partial charge >= 0.3 is 0 Å². The predicted molar refractivity (Wildman–Crippen MR) is 86.5 cm³/mol. The van der Waals surface area contributed by atoms with Crippen LogP contribution in [-0.2, 0) is 6.54 Å². The molecular weight excluding hydrogens is 270 g/mol. The molecule has 1 saturated heterocycles. The number of hydrogen-bond acceptors (Lipinski definition) is 3. The van der Waals surface area contributed by atoms with E-state index in [0.717, 1.165) is 42.3 Å². The molecule has 0 bridgehead atoms. The Morgan fingerprint density at radius 3 is 2.85 bits per heavy atom. The lowest BCUT2D eigenvalue weighted by atomic mass is 10.1. The van der Waals surface area contributed by atoms with E-state index < -0.39 is 0 Å². The van der Waals surface area contributed by atoms with Crippen LogP contribution in [0.1, 0.15) is 52.0 Å². The first kappa shape index (κ1) is 15.6. The number of nitrogens with zero attached hydrogens (tertiary/aromatic N) is 2. The van der Waals surface area contributed by atoms with E-state index in [1.807, 2.05) is 6.20 Å². The number of aromatic nitrogens is 1. The molecule has 0 aromatic carbocycles. The van der Waals surface area contributed by atoms with Crippen molar-refractivity contribution in [3.05, 3.63) is 22.8 Å². The molecule has 0 amide bonds. The number of hydrogen-bond donors (Lipinski definition) is 1. The van der Waals surface area contributed by atoms with Crippen molar-refractivity contribution in [1.29, 1.82) is 0 Å². The molecule has 1 aromatic heterocycles. The van der Waals surface area contributed by atoms with Crippen molar-refractivity contribution in [2.45, 2.75) is 65.1 Å². The monoisotopic (exact) mass is 295 g/mol. The van der Waals surface area contributed by atoms with Crippen LogP contribution in [-0.4, -0.2) is 23.6 Å². The number of rotatable bonds is 6. The van der Waals surface area contributed by atoms with Crippen molar-refractivity contribution in [1.82, 2.24) is 10.3 Å². The first-order valence-electron chi connectivity index (χ1n) is 7.80. The zero-order valence-electron chi connectivity index (χ0n) is 12.8. The van der Waals surface area contributed by atoms with Gasteiger partial charge in [0.05, 0.1) is 5.02 Å². The van der Waals surface area contributed by atoms with Gasteiger partial charge in [-0.1, -0.05) is 25.4 Å². The minimum Gasteiger partial charge on any atom is -0.350 e. The van der Waals surface area contributed by atoms with Crippen molar-refractivity contribution in [3.8, 4) is 0 Å². The summed E-state index contributed by atoms with van der Waals surface area (Å²) in [4.78, 5) is 7.05. The SMILES string of the molecule is CCCNCc1cnc(N2C(C)CCC2CC)c(Cl)c1. The predicted octanol–water partition coefficient (Wildman–Crippen LogP) is 4.00. The lowest BCUT2D eigenvalue weighted by Crippen LogP contribution is -2.35. The van der Waals surface area contributed by atoms with Crippen LogP contribution in [0.15, 0.2) is 12.3 Å². The third-order valence-corrected chi connectivity index (χ3v) is 4.41. The van der Waals surface area contributed by atoms with Crippen LogP contribution >= 0.6 is 11.6 Å². The van der Waals surface area contributed by atoms with Crippen LogP contribution in [0.4, 0.5) is 5.82 Å². The molecule has 2 heterocycles. The van der Waals surface area contributed by atoms with Gasteiger partial charge in [-0.25, -0.2) is 4.98 Å². The molecule has 4 heteroatoms. The van der Waals surface area contributed by atoms with Crippen molar-refractivity contribution in [2.24, 2.45) is 0 Å². The molecule has 1 fully saturated rings. The Kier molecular flexibility index (Phi) is 5.67. The van der Waals surface area contributed by atoms with E-state index in [9.17, 15) is 0 Å². The first-order valence-corrected chi connectivity index (χ1v) is 8.18. The topological polar surface area (TPSA) is 28.2 Å². The van der Waals surface area contributed by atoms with Gasteiger partial charge in [0.25, 0.3) is 0 Å². The van der Waals surface area contributed by atoms with Crippen molar-refractivity contribution in [2.75, 3.05) is 11.4 Å². The second kappa shape index (κ2) is 7.28. The van der Waals surface area contributed by atoms with Gasteiger partial charge in [-0.15, -0.1) is 0 Å². The molecule has 0 spiro atoms. The summed E-state index contributed by atoms with van der Waals surface area (Å²) in [5, 5.41) is 4.17. The quantitative estimate of drug-likeness (QED) is 0.804.